The summed E-state index contributed by atoms with van der Waals surface area (Å²) >= 11 is 0. The van der Waals surface area contributed by atoms with Crippen molar-refractivity contribution < 1.29 is 4.79 Å². The maximum atomic E-state index is 12.3. The van der Waals surface area contributed by atoms with Crippen LogP contribution in [0, 0.1) is 0 Å². The van der Waals surface area contributed by atoms with E-state index in [9.17, 15) is 4.79 Å². The van der Waals surface area contributed by atoms with Crippen molar-refractivity contribution in [1.29, 1.82) is 0 Å². The van der Waals surface area contributed by atoms with Crippen molar-refractivity contribution in [2.75, 3.05) is 25.5 Å². The lowest BCUT2D eigenvalue weighted by Crippen LogP contribution is -2.23. The van der Waals surface area contributed by atoms with Gasteiger partial charge in [-0.15, -0.1) is 0 Å². The molecule has 0 saturated heterocycles. The average molecular weight is 453 g/mol. The zero-order valence-corrected chi connectivity index (χ0v) is 19.4. The lowest BCUT2D eigenvalue weighted by molar-refractivity contribution is 0.0964. The molecule has 172 valence electrons. The molecule has 34 heavy (non-hydrogen) atoms. The van der Waals surface area contributed by atoms with Gasteiger partial charge in [-0.25, -0.2) is 9.97 Å². The van der Waals surface area contributed by atoms with E-state index in [-0.39, 0.29) is 11.8 Å². The van der Waals surface area contributed by atoms with Gasteiger partial charge in [-0.1, -0.05) is 37.3 Å². The summed E-state index contributed by atoms with van der Waals surface area (Å²) in [6.07, 6.45) is 4.37. The summed E-state index contributed by atoms with van der Waals surface area (Å²) in [5.41, 5.74) is 7.32. The third kappa shape index (κ3) is 4.34. The Bertz CT molecular complexity index is 1350. The fourth-order valence-corrected chi connectivity index (χ4v) is 4.55. The van der Waals surface area contributed by atoms with Crippen molar-refractivity contribution in [2.24, 2.45) is 0 Å². The first-order valence-electron chi connectivity index (χ1n) is 11.6. The highest BCUT2D eigenvalue weighted by atomic mass is 16.1. The van der Waals surface area contributed by atoms with E-state index in [4.69, 9.17) is 0 Å². The number of para-hydroxylation sites is 1. The summed E-state index contributed by atoms with van der Waals surface area (Å²) < 4.78 is 0. The Balaban J connectivity index is 1.35. The van der Waals surface area contributed by atoms with Crippen LogP contribution in [0.3, 0.4) is 0 Å². The van der Waals surface area contributed by atoms with E-state index < -0.39 is 0 Å². The van der Waals surface area contributed by atoms with Crippen molar-refractivity contribution in [2.45, 2.75) is 25.8 Å². The van der Waals surface area contributed by atoms with Gasteiger partial charge in [0.2, 0.25) is 0 Å². The van der Waals surface area contributed by atoms with Crippen molar-refractivity contribution in [3.8, 4) is 11.3 Å². The summed E-state index contributed by atoms with van der Waals surface area (Å²) in [6, 6.07) is 16.3. The number of anilines is 1. The first kappa shape index (κ1) is 22.0. The molecule has 1 aliphatic rings. The van der Waals surface area contributed by atoms with Gasteiger partial charge in [-0.05, 0) is 41.8 Å². The second-order valence-corrected chi connectivity index (χ2v) is 8.66. The molecule has 0 aliphatic carbocycles. The number of fused-ring (bicyclic) bond motifs is 2. The Morgan fingerprint density at radius 3 is 2.88 bits per heavy atom. The van der Waals surface area contributed by atoms with Crippen LogP contribution >= 0.6 is 0 Å². The number of carbonyl (C=O) groups excluding carboxylic acids is 1. The molecule has 1 aliphatic heterocycles. The van der Waals surface area contributed by atoms with E-state index in [1.807, 2.05) is 18.2 Å². The zero-order chi connectivity index (χ0) is 23.5. The van der Waals surface area contributed by atoms with Gasteiger partial charge in [0.05, 0.1) is 16.8 Å². The Morgan fingerprint density at radius 2 is 2.00 bits per heavy atom. The maximum absolute atomic E-state index is 12.3. The van der Waals surface area contributed by atoms with E-state index in [2.05, 4.69) is 62.1 Å². The van der Waals surface area contributed by atoms with Crippen molar-refractivity contribution >= 4 is 22.6 Å². The number of carbonyl (C=O) groups is 1. The predicted octanol–water partition coefficient (Wildman–Crippen LogP) is 3.91. The number of benzene rings is 2. The van der Waals surface area contributed by atoms with Crippen LogP contribution in [-0.4, -0.2) is 41.0 Å². The summed E-state index contributed by atoms with van der Waals surface area (Å²) in [5.74, 6) is 0.832. The number of rotatable bonds is 6. The average Bonchev–Trinajstić information content (AvgIpc) is 2.90. The normalized spacial score (nSPS) is 13.8. The number of nitrogens with zero attached hydrogens (tertiary/aromatic N) is 3. The minimum absolute atomic E-state index is 0.109. The molecular formula is C27H28N6O. The molecule has 1 atom stereocenters. The van der Waals surface area contributed by atoms with E-state index >= 15 is 0 Å². The number of nitrogens with one attached hydrogen (secondary N) is 3. The Labute approximate surface area is 199 Å². The second kappa shape index (κ2) is 9.57. The van der Waals surface area contributed by atoms with Crippen LogP contribution in [0.5, 0.6) is 0 Å². The summed E-state index contributed by atoms with van der Waals surface area (Å²) in [5, 5.41) is 10.5. The SMILES string of the molecule is CNC(=O)c1ccnc2c([C@H](C)CNc3cc(-c4ccc5c(c4)CNCC5)ncn3)cccc12. The first-order chi connectivity index (χ1) is 16.6. The minimum atomic E-state index is -0.109. The quantitative estimate of drug-likeness (QED) is 0.411. The first-order valence-corrected chi connectivity index (χ1v) is 11.6. The molecule has 3 heterocycles. The van der Waals surface area contributed by atoms with Crippen molar-refractivity contribution in [3.63, 3.8) is 0 Å². The van der Waals surface area contributed by atoms with Gasteiger partial charge >= 0.3 is 0 Å². The highest BCUT2D eigenvalue weighted by Crippen LogP contribution is 2.27. The highest BCUT2D eigenvalue weighted by molar-refractivity contribution is 6.06. The van der Waals surface area contributed by atoms with Crippen molar-refractivity contribution in [1.82, 2.24) is 25.6 Å². The van der Waals surface area contributed by atoms with E-state index in [0.717, 1.165) is 53.1 Å². The number of aromatic nitrogens is 3. The molecule has 4 aromatic rings. The second-order valence-electron chi connectivity index (χ2n) is 8.66. The van der Waals surface area contributed by atoms with Crippen LogP contribution in [0.4, 0.5) is 5.82 Å². The van der Waals surface area contributed by atoms with Gasteiger partial charge in [-0.2, -0.15) is 0 Å². The molecule has 2 aromatic heterocycles. The fourth-order valence-electron chi connectivity index (χ4n) is 4.55. The molecule has 0 spiro atoms. The molecule has 1 amide bonds. The summed E-state index contributed by atoms with van der Waals surface area (Å²) in [4.78, 5) is 25.8. The minimum Gasteiger partial charge on any atom is -0.369 e. The van der Waals surface area contributed by atoms with E-state index in [1.165, 1.54) is 11.1 Å². The van der Waals surface area contributed by atoms with Crippen LogP contribution in [0.1, 0.15) is 39.9 Å². The summed E-state index contributed by atoms with van der Waals surface area (Å²) in [7, 11) is 1.64. The fraction of sp³-hybridized carbons (Fsp3) is 0.259. The number of hydrogen-bond donors (Lipinski definition) is 3. The van der Waals surface area contributed by atoms with Gasteiger partial charge in [0.15, 0.2) is 0 Å². The third-order valence-electron chi connectivity index (χ3n) is 6.45. The lowest BCUT2D eigenvalue weighted by Gasteiger charge is -2.18. The third-order valence-corrected chi connectivity index (χ3v) is 6.45. The van der Waals surface area contributed by atoms with Gasteiger partial charge < -0.3 is 16.0 Å². The van der Waals surface area contributed by atoms with Crippen LogP contribution in [0.15, 0.2) is 61.1 Å². The molecule has 0 fully saturated rings. The highest BCUT2D eigenvalue weighted by Gasteiger charge is 2.16. The van der Waals surface area contributed by atoms with E-state index in [1.54, 1.807) is 25.6 Å². The van der Waals surface area contributed by atoms with Crippen LogP contribution in [0.2, 0.25) is 0 Å². The zero-order valence-electron chi connectivity index (χ0n) is 19.4. The smallest absolute Gasteiger partial charge is 0.251 e. The monoisotopic (exact) mass is 452 g/mol. The van der Waals surface area contributed by atoms with Gasteiger partial charge in [0, 0.05) is 49.3 Å². The van der Waals surface area contributed by atoms with Crippen LogP contribution in [-0.2, 0) is 13.0 Å². The van der Waals surface area contributed by atoms with E-state index in [0.29, 0.717) is 12.1 Å². The molecule has 7 nitrogen and oxygen atoms in total. The van der Waals surface area contributed by atoms with Crippen molar-refractivity contribution in [3.05, 3.63) is 83.3 Å². The van der Waals surface area contributed by atoms with Gasteiger partial charge in [0.25, 0.3) is 5.91 Å². The molecule has 7 heteroatoms. The molecule has 3 N–H and O–H groups in total. The summed E-state index contributed by atoms with van der Waals surface area (Å²) in [6.45, 7) is 4.76. The molecule has 0 saturated carbocycles. The molecule has 5 rings (SSSR count). The Kier molecular flexibility index (Phi) is 6.18. The number of amides is 1. The number of hydrogen-bond acceptors (Lipinski definition) is 6. The predicted molar refractivity (Wildman–Crippen MR) is 135 cm³/mol. The van der Waals surface area contributed by atoms with Gasteiger partial charge in [0.1, 0.15) is 12.1 Å². The Morgan fingerprint density at radius 1 is 1.09 bits per heavy atom. The van der Waals surface area contributed by atoms with Crippen LogP contribution in [0.25, 0.3) is 22.2 Å². The van der Waals surface area contributed by atoms with Crippen LogP contribution < -0.4 is 16.0 Å². The largest absolute Gasteiger partial charge is 0.369 e. The van der Waals surface area contributed by atoms with Gasteiger partial charge in [-0.3, -0.25) is 9.78 Å². The molecule has 0 unspecified atom stereocenters. The molecule has 0 radical (unpaired) electrons. The lowest BCUT2D eigenvalue weighted by atomic mass is 9.96. The number of pyridine rings is 1. The molecule has 0 bridgehead atoms. The Hall–Kier alpha value is -3.84. The standard InChI is InChI=1S/C27H28N6O/c1-17(21-4-3-5-22-23(27(34)28-2)9-11-30-26(21)22)14-31-25-13-24(32-16-33-25)19-7-6-18-8-10-29-15-20(18)12-19/h3-7,9,11-13,16-17,29H,8,10,14-15H2,1-2H3,(H,28,34)(H,31,32,33)/t17-/m1/s1. The topological polar surface area (TPSA) is 91.8 Å². The maximum Gasteiger partial charge on any atom is 0.251 e. The molecular weight excluding hydrogens is 424 g/mol. The molecule has 2 aromatic carbocycles.